The molecule has 0 unspecified atom stereocenters. The summed E-state index contributed by atoms with van der Waals surface area (Å²) in [6.45, 7) is 7.07. The molecule has 1 amide bonds. The third-order valence-electron chi connectivity index (χ3n) is 4.17. The lowest BCUT2D eigenvalue weighted by Crippen LogP contribution is -2.25. The van der Waals surface area contributed by atoms with Crippen LogP contribution in [0.2, 0.25) is 0 Å². The molecule has 0 bridgehead atoms. The van der Waals surface area contributed by atoms with Gasteiger partial charge in [-0.25, -0.2) is 9.97 Å². The molecule has 1 aromatic carbocycles. The number of nitrogens with zero attached hydrogens (tertiary/aromatic N) is 4. The summed E-state index contributed by atoms with van der Waals surface area (Å²) in [6.07, 6.45) is 3.41. The van der Waals surface area contributed by atoms with Crippen molar-refractivity contribution in [2.24, 2.45) is 0 Å². The molecule has 138 valence electrons. The number of aromatic nitrogens is 3. The van der Waals surface area contributed by atoms with Crippen LogP contribution >= 0.6 is 0 Å². The van der Waals surface area contributed by atoms with Crippen molar-refractivity contribution in [1.29, 1.82) is 0 Å². The van der Waals surface area contributed by atoms with E-state index in [1.165, 1.54) is 5.56 Å². The van der Waals surface area contributed by atoms with Gasteiger partial charge in [-0.1, -0.05) is 12.1 Å². The first-order chi connectivity index (χ1) is 13.1. The second-order valence-electron chi connectivity index (χ2n) is 6.28. The first-order valence-corrected chi connectivity index (χ1v) is 8.94. The number of rotatable bonds is 6. The molecule has 2 heterocycles. The number of benzene rings is 1. The van der Waals surface area contributed by atoms with Gasteiger partial charge in [-0.05, 0) is 56.2 Å². The summed E-state index contributed by atoms with van der Waals surface area (Å²) < 4.78 is 0. The van der Waals surface area contributed by atoms with Crippen molar-refractivity contribution in [3.05, 3.63) is 77.5 Å². The van der Waals surface area contributed by atoms with Gasteiger partial charge in [0.2, 0.25) is 0 Å². The van der Waals surface area contributed by atoms with Gasteiger partial charge in [-0.15, -0.1) is 0 Å². The van der Waals surface area contributed by atoms with Gasteiger partial charge >= 0.3 is 0 Å². The molecule has 0 saturated heterocycles. The molecule has 0 spiro atoms. The maximum atomic E-state index is 12.6. The number of anilines is 2. The van der Waals surface area contributed by atoms with Crippen LogP contribution in [0.1, 0.15) is 34.4 Å². The maximum absolute atomic E-state index is 12.6. The van der Waals surface area contributed by atoms with E-state index in [2.05, 4.69) is 51.1 Å². The van der Waals surface area contributed by atoms with Gasteiger partial charge in [0.25, 0.3) is 5.91 Å². The van der Waals surface area contributed by atoms with E-state index in [0.717, 1.165) is 17.8 Å². The number of pyridine rings is 1. The summed E-state index contributed by atoms with van der Waals surface area (Å²) in [4.78, 5) is 27.5. The fraction of sp³-hybridized carbons (Fsp3) is 0.238. The van der Waals surface area contributed by atoms with Crippen LogP contribution in [0.4, 0.5) is 11.5 Å². The largest absolute Gasteiger partial charge is 0.347 e. The van der Waals surface area contributed by atoms with Gasteiger partial charge in [0.05, 0.1) is 0 Å². The number of carbonyl (C=O) groups is 1. The molecule has 2 aromatic heterocycles. The summed E-state index contributed by atoms with van der Waals surface area (Å²) in [5.41, 5.74) is 3.56. The van der Waals surface area contributed by atoms with E-state index >= 15 is 0 Å². The number of carbonyl (C=O) groups excluding carboxylic acids is 1. The van der Waals surface area contributed by atoms with Crippen LogP contribution in [0, 0.1) is 13.8 Å². The molecule has 0 saturated carbocycles. The highest BCUT2D eigenvalue weighted by Gasteiger charge is 2.15. The quantitative estimate of drug-likeness (QED) is 0.727. The van der Waals surface area contributed by atoms with E-state index in [0.29, 0.717) is 23.9 Å². The summed E-state index contributed by atoms with van der Waals surface area (Å²) in [6, 6.07) is 13.7. The van der Waals surface area contributed by atoms with Crippen LogP contribution in [0.25, 0.3) is 0 Å². The SMILES string of the molecule is CCN(c1cccc(C)c1)c1cc(C(=O)NCc2ccncc2)nc(C)n1. The molecular formula is C21H23N5O. The molecule has 1 N–H and O–H groups in total. The second-order valence-corrected chi connectivity index (χ2v) is 6.28. The van der Waals surface area contributed by atoms with E-state index in [1.54, 1.807) is 25.4 Å². The highest BCUT2D eigenvalue weighted by Crippen LogP contribution is 2.24. The van der Waals surface area contributed by atoms with E-state index in [1.807, 2.05) is 24.3 Å². The third-order valence-corrected chi connectivity index (χ3v) is 4.17. The number of aryl methyl sites for hydroxylation is 2. The fourth-order valence-corrected chi connectivity index (χ4v) is 2.85. The summed E-state index contributed by atoms with van der Waals surface area (Å²) >= 11 is 0. The van der Waals surface area contributed by atoms with Gasteiger partial charge in [0, 0.05) is 37.2 Å². The van der Waals surface area contributed by atoms with E-state index < -0.39 is 0 Å². The molecule has 0 atom stereocenters. The predicted octanol–water partition coefficient (Wildman–Crippen LogP) is 3.58. The van der Waals surface area contributed by atoms with Gasteiger partial charge in [-0.2, -0.15) is 0 Å². The van der Waals surface area contributed by atoms with Crippen molar-refractivity contribution in [3.8, 4) is 0 Å². The number of hydrogen-bond acceptors (Lipinski definition) is 5. The zero-order chi connectivity index (χ0) is 19.2. The third kappa shape index (κ3) is 4.67. The van der Waals surface area contributed by atoms with Gasteiger partial charge in [-0.3, -0.25) is 9.78 Å². The first-order valence-electron chi connectivity index (χ1n) is 8.94. The van der Waals surface area contributed by atoms with E-state index in [9.17, 15) is 4.79 Å². The zero-order valence-corrected chi connectivity index (χ0v) is 15.8. The van der Waals surface area contributed by atoms with Crippen molar-refractivity contribution in [3.63, 3.8) is 0 Å². The predicted molar refractivity (Wildman–Crippen MR) is 106 cm³/mol. The minimum atomic E-state index is -0.223. The normalized spacial score (nSPS) is 10.5. The Hall–Kier alpha value is -3.28. The Morgan fingerprint density at radius 2 is 1.85 bits per heavy atom. The summed E-state index contributed by atoms with van der Waals surface area (Å²) in [7, 11) is 0. The highest BCUT2D eigenvalue weighted by atomic mass is 16.1. The molecule has 0 fully saturated rings. The molecule has 0 aliphatic rings. The lowest BCUT2D eigenvalue weighted by molar-refractivity contribution is 0.0945. The van der Waals surface area contributed by atoms with E-state index in [-0.39, 0.29) is 5.91 Å². The standard InChI is InChI=1S/C21H23N5O/c1-4-26(18-7-5-6-15(2)12-18)20-13-19(24-16(3)25-20)21(27)23-14-17-8-10-22-11-9-17/h5-13H,4,14H2,1-3H3,(H,23,27). The Kier molecular flexibility index (Phi) is 5.76. The molecule has 27 heavy (non-hydrogen) atoms. The first kappa shape index (κ1) is 18.5. The minimum absolute atomic E-state index is 0.223. The number of nitrogens with one attached hydrogen (secondary N) is 1. The van der Waals surface area contributed by atoms with Crippen molar-refractivity contribution in [2.75, 3.05) is 11.4 Å². The Labute approximate surface area is 159 Å². The zero-order valence-electron chi connectivity index (χ0n) is 15.8. The second kappa shape index (κ2) is 8.40. The van der Waals surface area contributed by atoms with Crippen molar-refractivity contribution < 1.29 is 4.79 Å². The molecule has 3 rings (SSSR count). The Balaban J connectivity index is 1.83. The minimum Gasteiger partial charge on any atom is -0.347 e. The van der Waals surface area contributed by atoms with Gasteiger partial charge in [0.15, 0.2) is 0 Å². The molecule has 0 aliphatic carbocycles. The van der Waals surface area contributed by atoms with Crippen LogP contribution in [-0.4, -0.2) is 27.4 Å². The highest BCUT2D eigenvalue weighted by molar-refractivity contribution is 5.93. The van der Waals surface area contributed by atoms with Crippen LogP contribution in [0.3, 0.4) is 0 Å². The monoisotopic (exact) mass is 361 g/mol. The summed E-state index contributed by atoms with van der Waals surface area (Å²) in [5, 5.41) is 2.90. The molecule has 3 aromatic rings. The van der Waals surface area contributed by atoms with Crippen molar-refractivity contribution in [2.45, 2.75) is 27.3 Å². The van der Waals surface area contributed by atoms with Gasteiger partial charge in [0.1, 0.15) is 17.3 Å². The topological polar surface area (TPSA) is 71.0 Å². The smallest absolute Gasteiger partial charge is 0.270 e. The Morgan fingerprint density at radius 1 is 1.07 bits per heavy atom. The summed E-state index contributed by atoms with van der Waals surface area (Å²) in [5.74, 6) is 1.05. The molecular weight excluding hydrogens is 338 g/mol. The van der Waals surface area contributed by atoms with Crippen molar-refractivity contribution in [1.82, 2.24) is 20.3 Å². The average Bonchev–Trinajstić information content (AvgIpc) is 2.67. The van der Waals surface area contributed by atoms with Gasteiger partial charge < -0.3 is 10.2 Å². The van der Waals surface area contributed by atoms with E-state index in [4.69, 9.17) is 0 Å². The van der Waals surface area contributed by atoms with Crippen LogP contribution in [0.5, 0.6) is 0 Å². The Bertz CT molecular complexity index is 927. The maximum Gasteiger partial charge on any atom is 0.270 e. The molecule has 6 heteroatoms. The average molecular weight is 361 g/mol. The lowest BCUT2D eigenvalue weighted by atomic mass is 10.2. The van der Waals surface area contributed by atoms with Crippen LogP contribution < -0.4 is 10.2 Å². The molecule has 0 aliphatic heterocycles. The fourth-order valence-electron chi connectivity index (χ4n) is 2.85. The lowest BCUT2D eigenvalue weighted by Gasteiger charge is -2.23. The van der Waals surface area contributed by atoms with Crippen LogP contribution in [-0.2, 0) is 6.54 Å². The molecule has 6 nitrogen and oxygen atoms in total. The Morgan fingerprint density at radius 3 is 2.56 bits per heavy atom. The number of amides is 1. The van der Waals surface area contributed by atoms with Crippen molar-refractivity contribution >= 4 is 17.4 Å². The van der Waals surface area contributed by atoms with Crippen LogP contribution in [0.15, 0.2) is 54.9 Å². The molecule has 0 radical (unpaired) electrons. The number of hydrogen-bond donors (Lipinski definition) is 1.